The lowest BCUT2D eigenvalue weighted by Gasteiger charge is -2.17. The number of carbonyl (C=O) groups excluding carboxylic acids is 3. The molecule has 0 radical (unpaired) electrons. The van der Waals surface area contributed by atoms with Gasteiger partial charge in [-0.1, -0.05) is 23.2 Å². The van der Waals surface area contributed by atoms with Gasteiger partial charge in [-0.15, -0.1) is 0 Å². The van der Waals surface area contributed by atoms with Crippen LogP contribution in [0.3, 0.4) is 0 Å². The van der Waals surface area contributed by atoms with E-state index in [4.69, 9.17) is 23.2 Å². The molecule has 1 N–H and O–H groups in total. The van der Waals surface area contributed by atoms with Gasteiger partial charge < -0.3 is 10.1 Å². The number of hydrogen-bond acceptors (Lipinski definition) is 6. The van der Waals surface area contributed by atoms with E-state index in [-0.39, 0.29) is 28.3 Å². The average molecular weight is 510 g/mol. The number of ketones is 2. The number of benzene rings is 1. The number of nitrogens with one attached hydrogen (secondary N) is 1. The lowest BCUT2D eigenvalue weighted by atomic mass is 9.99. The van der Waals surface area contributed by atoms with Crippen LogP contribution in [-0.2, 0) is 11.0 Å². The topological polar surface area (TPSA) is 89.0 Å². The molecule has 0 spiro atoms. The van der Waals surface area contributed by atoms with Gasteiger partial charge in [0.2, 0.25) is 5.78 Å². The van der Waals surface area contributed by atoms with E-state index < -0.39 is 39.9 Å². The van der Waals surface area contributed by atoms with Gasteiger partial charge >= 0.3 is 6.18 Å². The van der Waals surface area contributed by atoms with Crippen LogP contribution < -0.4 is 5.32 Å². The standard InChI is InChI=1S/C23H16Cl2F3N3O3/c1-11-5-6-29-12(2)19(11)22(34)20-17(8-14(24)9-30-20)31-18(10-32)21(33)13-3-4-16(25)15(7-13)23(26,27)28/h3-10,18,31H,1-2H3. The van der Waals surface area contributed by atoms with Crippen LogP contribution in [0, 0.1) is 13.8 Å². The third-order valence-corrected chi connectivity index (χ3v) is 5.47. The Bertz CT molecular complexity index is 1280. The van der Waals surface area contributed by atoms with Crippen molar-refractivity contribution in [1.29, 1.82) is 0 Å². The number of anilines is 1. The van der Waals surface area contributed by atoms with Gasteiger partial charge in [0.15, 0.2) is 5.78 Å². The molecule has 6 nitrogen and oxygen atoms in total. The second-order valence-electron chi connectivity index (χ2n) is 7.28. The summed E-state index contributed by atoms with van der Waals surface area (Å²) in [5, 5.41) is 2.09. The molecule has 0 amide bonds. The molecule has 0 aliphatic rings. The third kappa shape index (κ3) is 5.26. The highest BCUT2D eigenvalue weighted by atomic mass is 35.5. The summed E-state index contributed by atoms with van der Waals surface area (Å²) in [4.78, 5) is 46.0. The van der Waals surface area contributed by atoms with Gasteiger partial charge in [-0.3, -0.25) is 14.6 Å². The number of aryl methyl sites for hydroxylation is 2. The number of Topliss-reactive ketones (excluding diaryl/α,β-unsaturated/α-hetero) is 1. The fourth-order valence-electron chi connectivity index (χ4n) is 3.29. The maximum atomic E-state index is 13.2. The van der Waals surface area contributed by atoms with E-state index in [0.717, 1.165) is 12.1 Å². The monoisotopic (exact) mass is 509 g/mol. The minimum Gasteiger partial charge on any atom is -0.367 e. The van der Waals surface area contributed by atoms with Crippen LogP contribution in [0.2, 0.25) is 10.0 Å². The molecule has 0 aliphatic carbocycles. The normalized spacial score (nSPS) is 12.2. The van der Waals surface area contributed by atoms with Gasteiger partial charge in [0.05, 0.1) is 21.3 Å². The summed E-state index contributed by atoms with van der Waals surface area (Å²) in [5.74, 6) is -1.51. The maximum absolute atomic E-state index is 13.2. The molecule has 2 heterocycles. The summed E-state index contributed by atoms with van der Waals surface area (Å²) < 4.78 is 39.6. The number of rotatable bonds is 7. The van der Waals surface area contributed by atoms with E-state index in [1.165, 1.54) is 18.5 Å². The van der Waals surface area contributed by atoms with Crippen molar-refractivity contribution < 1.29 is 27.6 Å². The molecule has 1 aromatic carbocycles. The van der Waals surface area contributed by atoms with E-state index in [1.807, 2.05) is 0 Å². The van der Waals surface area contributed by atoms with Crippen molar-refractivity contribution >= 4 is 46.7 Å². The van der Waals surface area contributed by atoms with E-state index in [2.05, 4.69) is 15.3 Å². The number of hydrogen-bond donors (Lipinski definition) is 1. The summed E-state index contributed by atoms with van der Waals surface area (Å²) in [6.45, 7) is 3.35. The van der Waals surface area contributed by atoms with Crippen LogP contribution in [0.1, 0.15) is 43.2 Å². The van der Waals surface area contributed by atoms with Crippen LogP contribution in [-0.4, -0.2) is 33.9 Å². The molecule has 1 unspecified atom stereocenters. The lowest BCUT2D eigenvalue weighted by Crippen LogP contribution is -2.32. The number of nitrogens with zero attached hydrogens (tertiary/aromatic N) is 2. The quantitative estimate of drug-likeness (QED) is 0.256. The van der Waals surface area contributed by atoms with Crippen molar-refractivity contribution in [3.63, 3.8) is 0 Å². The second-order valence-corrected chi connectivity index (χ2v) is 8.13. The first-order chi connectivity index (χ1) is 15.9. The highest BCUT2D eigenvalue weighted by Gasteiger charge is 2.34. The number of alkyl halides is 3. The van der Waals surface area contributed by atoms with Crippen LogP contribution in [0.5, 0.6) is 0 Å². The number of aromatic nitrogens is 2. The Hall–Kier alpha value is -3.30. The minimum atomic E-state index is -4.80. The Morgan fingerprint density at radius 2 is 1.79 bits per heavy atom. The van der Waals surface area contributed by atoms with E-state index in [9.17, 15) is 27.6 Å². The van der Waals surface area contributed by atoms with Crippen molar-refractivity contribution in [1.82, 2.24) is 9.97 Å². The fraction of sp³-hybridized carbons (Fsp3) is 0.174. The molecule has 0 saturated heterocycles. The summed E-state index contributed by atoms with van der Waals surface area (Å²) in [6, 6.07) is 3.85. The number of carbonyl (C=O) groups is 3. The molecule has 3 aromatic rings. The van der Waals surface area contributed by atoms with Crippen LogP contribution >= 0.6 is 23.2 Å². The zero-order valence-corrected chi connectivity index (χ0v) is 19.2. The van der Waals surface area contributed by atoms with E-state index in [1.54, 1.807) is 19.9 Å². The molecule has 11 heteroatoms. The fourth-order valence-corrected chi connectivity index (χ4v) is 3.67. The first-order valence-corrected chi connectivity index (χ1v) is 10.4. The molecule has 3 rings (SSSR count). The van der Waals surface area contributed by atoms with Crippen molar-refractivity contribution in [2.24, 2.45) is 0 Å². The second kappa shape index (κ2) is 9.90. The first-order valence-electron chi connectivity index (χ1n) is 9.69. The van der Waals surface area contributed by atoms with Crippen LogP contribution in [0.15, 0.2) is 42.7 Å². The van der Waals surface area contributed by atoms with E-state index in [0.29, 0.717) is 17.3 Å². The molecule has 0 bridgehead atoms. The van der Waals surface area contributed by atoms with Crippen molar-refractivity contribution in [2.75, 3.05) is 5.32 Å². The predicted molar refractivity (Wildman–Crippen MR) is 121 cm³/mol. The third-order valence-electron chi connectivity index (χ3n) is 4.93. The minimum absolute atomic E-state index is 0.0457. The molecule has 176 valence electrons. The molecule has 2 aromatic heterocycles. The van der Waals surface area contributed by atoms with Crippen molar-refractivity contribution in [2.45, 2.75) is 26.1 Å². The zero-order chi connectivity index (χ0) is 25.2. The summed E-state index contributed by atoms with van der Waals surface area (Å²) >= 11 is 11.6. The molecule has 1 atom stereocenters. The Morgan fingerprint density at radius 1 is 1.09 bits per heavy atom. The molecular formula is C23H16Cl2F3N3O3. The molecule has 0 fully saturated rings. The molecule has 0 aliphatic heterocycles. The number of halogens is 5. The number of pyridine rings is 2. The Kier molecular flexibility index (Phi) is 7.38. The molecule has 0 saturated carbocycles. The van der Waals surface area contributed by atoms with Gasteiger partial charge in [-0.25, -0.2) is 4.98 Å². The van der Waals surface area contributed by atoms with Crippen LogP contribution in [0.4, 0.5) is 18.9 Å². The summed E-state index contributed by atoms with van der Waals surface area (Å²) in [6.07, 6.45) is -1.83. The van der Waals surface area contributed by atoms with Gasteiger partial charge in [-0.2, -0.15) is 13.2 Å². The Labute approximate surface area is 202 Å². The van der Waals surface area contributed by atoms with Gasteiger partial charge in [0.1, 0.15) is 18.0 Å². The highest BCUT2D eigenvalue weighted by Crippen LogP contribution is 2.35. The van der Waals surface area contributed by atoms with Crippen LogP contribution in [0.25, 0.3) is 0 Å². The number of aldehydes is 1. The predicted octanol–water partition coefficient (Wildman–Crippen LogP) is 5.51. The summed E-state index contributed by atoms with van der Waals surface area (Å²) in [5.41, 5.74) is -0.455. The molecule has 34 heavy (non-hydrogen) atoms. The first kappa shape index (κ1) is 25.3. The highest BCUT2D eigenvalue weighted by molar-refractivity contribution is 6.32. The SMILES string of the molecule is Cc1ccnc(C)c1C(=O)c1ncc(Cl)cc1NC(C=O)C(=O)c1ccc(Cl)c(C(F)(F)F)c1. The van der Waals surface area contributed by atoms with Gasteiger partial charge in [0, 0.05) is 29.2 Å². The summed E-state index contributed by atoms with van der Waals surface area (Å²) in [7, 11) is 0. The smallest absolute Gasteiger partial charge is 0.367 e. The molecular weight excluding hydrogens is 494 g/mol. The Balaban J connectivity index is 2.00. The van der Waals surface area contributed by atoms with E-state index >= 15 is 0 Å². The Morgan fingerprint density at radius 3 is 2.41 bits per heavy atom. The zero-order valence-electron chi connectivity index (χ0n) is 17.7. The van der Waals surface area contributed by atoms with Gasteiger partial charge in [-0.05, 0) is 49.7 Å². The van der Waals surface area contributed by atoms with Gasteiger partial charge in [0.25, 0.3) is 0 Å². The van der Waals surface area contributed by atoms with Crippen molar-refractivity contribution in [3.05, 3.63) is 86.4 Å². The largest absolute Gasteiger partial charge is 0.417 e. The average Bonchev–Trinajstić information content (AvgIpc) is 2.76. The van der Waals surface area contributed by atoms with Crippen molar-refractivity contribution in [3.8, 4) is 0 Å². The lowest BCUT2D eigenvalue weighted by molar-refractivity contribution is -0.137. The maximum Gasteiger partial charge on any atom is 0.417 e.